The van der Waals surface area contributed by atoms with E-state index in [1.807, 2.05) is 24.3 Å². The van der Waals surface area contributed by atoms with Crippen LogP contribution in [0.15, 0.2) is 30.5 Å². The molecule has 8 N–H and O–H groups in total. The fourth-order valence-electron chi connectivity index (χ4n) is 3.09. The number of aromatic amines is 1. The van der Waals surface area contributed by atoms with Crippen LogP contribution >= 0.6 is 0 Å². The average molecular weight is 417 g/mol. The van der Waals surface area contributed by atoms with Gasteiger partial charge in [-0.3, -0.25) is 14.4 Å². The first-order valence-electron chi connectivity index (χ1n) is 9.52. The van der Waals surface area contributed by atoms with E-state index in [9.17, 15) is 24.3 Å². The predicted octanol–water partition coefficient (Wildman–Crippen LogP) is -0.377. The second kappa shape index (κ2) is 9.88. The van der Waals surface area contributed by atoms with Crippen LogP contribution in [-0.2, 0) is 25.6 Å². The van der Waals surface area contributed by atoms with Crippen molar-refractivity contribution in [2.75, 3.05) is 0 Å². The van der Waals surface area contributed by atoms with Crippen molar-refractivity contribution in [1.29, 1.82) is 0 Å². The molecular weight excluding hydrogens is 390 g/mol. The highest BCUT2D eigenvalue weighted by Crippen LogP contribution is 2.19. The minimum Gasteiger partial charge on any atom is -0.480 e. The first-order chi connectivity index (χ1) is 14.1. The Morgan fingerprint density at radius 1 is 1.10 bits per heavy atom. The molecule has 0 aliphatic heterocycles. The fourth-order valence-corrected chi connectivity index (χ4v) is 3.09. The van der Waals surface area contributed by atoms with E-state index in [2.05, 4.69) is 15.6 Å². The van der Waals surface area contributed by atoms with Gasteiger partial charge in [-0.1, -0.05) is 32.0 Å². The Hall–Kier alpha value is -3.40. The van der Waals surface area contributed by atoms with Crippen LogP contribution in [0.3, 0.4) is 0 Å². The molecule has 0 saturated carbocycles. The van der Waals surface area contributed by atoms with Crippen molar-refractivity contribution >= 4 is 34.6 Å². The number of nitrogens with one attached hydrogen (secondary N) is 3. The molecule has 0 aliphatic rings. The summed E-state index contributed by atoms with van der Waals surface area (Å²) in [4.78, 5) is 50.7. The number of rotatable bonds is 10. The van der Waals surface area contributed by atoms with Gasteiger partial charge in [0.05, 0.1) is 12.5 Å². The third kappa shape index (κ3) is 5.80. The zero-order chi connectivity index (χ0) is 22.4. The van der Waals surface area contributed by atoms with Crippen LogP contribution in [0.1, 0.15) is 25.8 Å². The summed E-state index contributed by atoms with van der Waals surface area (Å²) in [6.45, 7) is 3.39. The SMILES string of the molecule is CC(C)C(NC(=O)C(N)CC(N)=O)C(=O)NC(Cc1c[nH]c2ccccc12)C(=O)O. The summed E-state index contributed by atoms with van der Waals surface area (Å²) in [6, 6.07) is 4.01. The van der Waals surface area contributed by atoms with Crippen LogP contribution in [0.25, 0.3) is 10.9 Å². The molecule has 3 amide bonds. The Morgan fingerprint density at radius 2 is 1.77 bits per heavy atom. The maximum atomic E-state index is 12.7. The van der Waals surface area contributed by atoms with Crippen LogP contribution in [-0.4, -0.2) is 51.9 Å². The summed E-state index contributed by atoms with van der Waals surface area (Å²) in [7, 11) is 0. The number of fused-ring (bicyclic) bond motifs is 1. The fraction of sp³-hybridized carbons (Fsp3) is 0.400. The standard InChI is InChI=1S/C20H27N5O5/c1-10(2)17(25-18(27)13(21)8-16(22)26)19(28)24-15(20(29)30)7-11-9-23-14-6-4-3-5-12(11)14/h3-6,9-10,13,15,17,23H,7-8,21H2,1-2H3,(H2,22,26)(H,24,28)(H,25,27)(H,29,30). The number of amides is 3. The van der Waals surface area contributed by atoms with Crippen molar-refractivity contribution in [2.45, 2.75) is 44.8 Å². The Bertz CT molecular complexity index is 939. The summed E-state index contributed by atoms with van der Waals surface area (Å²) in [6.07, 6.45) is 1.40. The maximum absolute atomic E-state index is 12.7. The minimum absolute atomic E-state index is 0.0606. The lowest BCUT2D eigenvalue weighted by Crippen LogP contribution is -2.57. The number of aromatic nitrogens is 1. The van der Waals surface area contributed by atoms with Crippen molar-refractivity contribution in [3.8, 4) is 0 Å². The number of benzene rings is 1. The van der Waals surface area contributed by atoms with E-state index < -0.39 is 41.8 Å². The summed E-state index contributed by atoms with van der Waals surface area (Å²) < 4.78 is 0. The molecule has 10 nitrogen and oxygen atoms in total. The largest absolute Gasteiger partial charge is 0.480 e. The van der Waals surface area contributed by atoms with Gasteiger partial charge in [-0.15, -0.1) is 0 Å². The highest BCUT2D eigenvalue weighted by molar-refractivity contribution is 5.93. The Morgan fingerprint density at radius 3 is 2.37 bits per heavy atom. The average Bonchev–Trinajstić information content (AvgIpc) is 3.07. The smallest absolute Gasteiger partial charge is 0.326 e. The van der Waals surface area contributed by atoms with E-state index in [1.165, 1.54) is 0 Å². The van der Waals surface area contributed by atoms with Crippen LogP contribution in [0.4, 0.5) is 0 Å². The molecular formula is C20H27N5O5. The molecule has 1 aromatic heterocycles. The van der Waals surface area contributed by atoms with Gasteiger partial charge >= 0.3 is 5.97 Å². The van der Waals surface area contributed by atoms with E-state index in [1.54, 1.807) is 20.0 Å². The highest BCUT2D eigenvalue weighted by Gasteiger charge is 2.30. The van der Waals surface area contributed by atoms with Gasteiger partial charge in [0.25, 0.3) is 0 Å². The number of carbonyl (C=O) groups excluding carboxylic acids is 3. The molecule has 1 heterocycles. The molecule has 1 aromatic carbocycles. The van der Waals surface area contributed by atoms with E-state index in [0.717, 1.165) is 16.5 Å². The van der Waals surface area contributed by atoms with Crippen LogP contribution < -0.4 is 22.1 Å². The number of nitrogens with two attached hydrogens (primary N) is 2. The summed E-state index contributed by atoms with van der Waals surface area (Å²) >= 11 is 0. The number of hydrogen-bond acceptors (Lipinski definition) is 5. The monoisotopic (exact) mass is 417 g/mol. The molecule has 0 fully saturated rings. The van der Waals surface area contributed by atoms with Gasteiger partial charge in [-0.25, -0.2) is 4.79 Å². The van der Waals surface area contributed by atoms with Crippen molar-refractivity contribution in [3.63, 3.8) is 0 Å². The van der Waals surface area contributed by atoms with Gasteiger partial charge in [-0.05, 0) is 17.5 Å². The van der Waals surface area contributed by atoms with E-state index >= 15 is 0 Å². The predicted molar refractivity (Wildman–Crippen MR) is 110 cm³/mol. The number of H-pyrrole nitrogens is 1. The molecule has 0 aliphatic carbocycles. The quantitative estimate of drug-likeness (QED) is 0.306. The van der Waals surface area contributed by atoms with Crippen molar-refractivity contribution in [1.82, 2.24) is 15.6 Å². The van der Waals surface area contributed by atoms with Crippen molar-refractivity contribution in [3.05, 3.63) is 36.0 Å². The van der Waals surface area contributed by atoms with Gasteiger partial charge in [0.2, 0.25) is 17.7 Å². The number of carbonyl (C=O) groups is 4. The second-order valence-electron chi connectivity index (χ2n) is 7.47. The molecule has 0 saturated heterocycles. The molecule has 0 spiro atoms. The van der Waals surface area contributed by atoms with Crippen molar-refractivity contribution in [2.24, 2.45) is 17.4 Å². The number of primary amides is 1. The molecule has 0 radical (unpaired) electrons. The summed E-state index contributed by atoms with van der Waals surface area (Å²) in [5.74, 6) is -3.67. The zero-order valence-electron chi connectivity index (χ0n) is 16.8. The molecule has 162 valence electrons. The lowest BCUT2D eigenvalue weighted by atomic mass is 10.0. The highest BCUT2D eigenvalue weighted by atomic mass is 16.4. The molecule has 3 unspecified atom stereocenters. The Labute approximate surface area is 173 Å². The van der Waals surface area contributed by atoms with Gasteiger partial charge in [0, 0.05) is 23.5 Å². The van der Waals surface area contributed by atoms with E-state index in [4.69, 9.17) is 11.5 Å². The maximum Gasteiger partial charge on any atom is 0.326 e. The topological polar surface area (TPSA) is 180 Å². The number of para-hydroxylation sites is 1. The zero-order valence-corrected chi connectivity index (χ0v) is 16.8. The Kier molecular flexibility index (Phi) is 7.54. The van der Waals surface area contributed by atoms with E-state index in [-0.39, 0.29) is 18.8 Å². The minimum atomic E-state index is -1.20. The lowest BCUT2D eigenvalue weighted by molar-refractivity contribution is -0.142. The number of hydrogen-bond donors (Lipinski definition) is 6. The van der Waals surface area contributed by atoms with Gasteiger partial charge < -0.3 is 32.2 Å². The first kappa shape index (κ1) is 22.9. The Balaban J connectivity index is 2.12. The van der Waals surface area contributed by atoms with Crippen molar-refractivity contribution < 1.29 is 24.3 Å². The van der Waals surface area contributed by atoms with Crippen LogP contribution in [0, 0.1) is 5.92 Å². The molecule has 30 heavy (non-hydrogen) atoms. The molecule has 0 bridgehead atoms. The second-order valence-corrected chi connectivity index (χ2v) is 7.47. The number of aliphatic carboxylic acids is 1. The van der Waals surface area contributed by atoms with Gasteiger partial charge in [0.1, 0.15) is 12.1 Å². The van der Waals surface area contributed by atoms with E-state index in [0.29, 0.717) is 0 Å². The first-order valence-corrected chi connectivity index (χ1v) is 9.52. The molecule has 2 aromatic rings. The van der Waals surface area contributed by atoms with Gasteiger partial charge in [0.15, 0.2) is 0 Å². The molecule has 2 rings (SSSR count). The van der Waals surface area contributed by atoms with Gasteiger partial charge in [-0.2, -0.15) is 0 Å². The molecule has 10 heteroatoms. The third-order valence-electron chi connectivity index (χ3n) is 4.72. The normalized spacial score (nSPS) is 14.1. The molecule has 3 atom stereocenters. The number of carboxylic acids is 1. The van der Waals surface area contributed by atoms with Crippen LogP contribution in [0.2, 0.25) is 0 Å². The third-order valence-corrected chi connectivity index (χ3v) is 4.72. The summed E-state index contributed by atoms with van der Waals surface area (Å²) in [5, 5.41) is 15.4. The summed E-state index contributed by atoms with van der Waals surface area (Å²) in [5.41, 5.74) is 12.3. The van der Waals surface area contributed by atoms with Crippen LogP contribution in [0.5, 0.6) is 0 Å². The lowest BCUT2D eigenvalue weighted by Gasteiger charge is -2.25. The number of carboxylic acid groups (broad SMARTS) is 1.